The zero-order chi connectivity index (χ0) is 13.5. The molecule has 0 bridgehead atoms. The Morgan fingerprint density at radius 1 is 1.44 bits per heavy atom. The number of ether oxygens (including phenoxy) is 1. The van der Waals surface area contributed by atoms with Crippen LogP contribution in [0.4, 0.5) is 0 Å². The van der Waals surface area contributed by atoms with Crippen LogP contribution in [-0.2, 0) is 9.53 Å². The van der Waals surface area contributed by atoms with E-state index in [0.717, 1.165) is 12.0 Å². The van der Waals surface area contributed by atoms with Crippen LogP contribution in [0, 0.1) is 0 Å². The van der Waals surface area contributed by atoms with Crippen LogP contribution in [0.3, 0.4) is 0 Å². The molecule has 1 aromatic carbocycles. The molecule has 1 unspecified atom stereocenters. The number of carbonyl (C=O) groups is 1. The summed E-state index contributed by atoms with van der Waals surface area (Å²) in [6, 6.07) is 6.87. The van der Waals surface area contributed by atoms with Crippen molar-refractivity contribution in [2.75, 3.05) is 20.3 Å². The molecule has 100 valence electrons. The van der Waals surface area contributed by atoms with Gasteiger partial charge in [0, 0.05) is 19.2 Å². The van der Waals surface area contributed by atoms with Crippen LogP contribution in [0.5, 0.6) is 5.75 Å². The fourth-order valence-electron chi connectivity index (χ4n) is 1.67. The number of phenolic OH excluding ortho intramolecular Hbond substituents is 1. The standard InChI is InChI=1S/C14H21NO3/c1-4-9-18-10-14(17)15(3)11(2)12-7-5-6-8-13(12)16/h5-8,11,16H,4,9-10H2,1-3H3. The molecule has 1 amide bonds. The van der Waals surface area contributed by atoms with E-state index in [1.165, 1.54) is 0 Å². The Balaban J connectivity index is 2.63. The van der Waals surface area contributed by atoms with Crippen molar-refractivity contribution >= 4 is 5.91 Å². The first kappa shape index (κ1) is 14.5. The maximum Gasteiger partial charge on any atom is 0.248 e. The molecule has 0 aliphatic rings. The number of carbonyl (C=O) groups excluding carboxylic acids is 1. The van der Waals surface area contributed by atoms with Crippen LogP contribution < -0.4 is 0 Å². The first-order valence-corrected chi connectivity index (χ1v) is 6.19. The summed E-state index contributed by atoms with van der Waals surface area (Å²) in [5.41, 5.74) is 0.740. The molecule has 0 spiro atoms. The van der Waals surface area contributed by atoms with E-state index in [1.54, 1.807) is 24.1 Å². The lowest BCUT2D eigenvalue weighted by Crippen LogP contribution is -2.32. The predicted octanol–water partition coefficient (Wildman–Crippen LogP) is 2.34. The summed E-state index contributed by atoms with van der Waals surface area (Å²) in [6.07, 6.45) is 0.895. The Morgan fingerprint density at radius 3 is 2.72 bits per heavy atom. The van der Waals surface area contributed by atoms with Crippen LogP contribution in [-0.4, -0.2) is 36.2 Å². The molecule has 18 heavy (non-hydrogen) atoms. The van der Waals surface area contributed by atoms with Crippen molar-refractivity contribution < 1.29 is 14.6 Å². The van der Waals surface area contributed by atoms with Crippen LogP contribution in [0.2, 0.25) is 0 Å². The second kappa shape index (κ2) is 7.01. The second-order valence-corrected chi connectivity index (χ2v) is 4.29. The number of rotatable bonds is 6. The summed E-state index contributed by atoms with van der Waals surface area (Å²) in [7, 11) is 1.72. The van der Waals surface area contributed by atoms with Gasteiger partial charge in [-0.3, -0.25) is 4.79 Å². The molecule has 0 fully saturated rings. The molecule has 1 atom stereocenters. The number of phenols is 1. The smallest absolute Gasteiger partial charge is 0.248 e. The van der Waals surface area contributed by atoms with Crippen molar-refractivity contribution in [3.8, 4) is 5.75 Å². The van der Waals surface area contributed by atoms with E-state index in [0.29, 0.717) is 6.61 Å². The van der Waals surface area contributed by atoms with Crippen molar-refractivity contribution in [2.45, 2.75) is 26.3 Å². The Labute approximate surface area is 108 Å². The van der Waals surface area contributed by atoms with E-state index in [-0.39, 0.29) is 24.3 Å². The highest BCUT2D eigenvalue weighted by Gasteiger charge is 2.19. The summed E-state index contributed by atoms with van der Waals surface area (Å²) < 4.78 is 5.23. The van der Waals surface area contributed by atoms with Crippen LogP contribution in [0.25, 0.3) is 0 Å². The lowest BCUT2D eigenvalue weighted by atomic mass is 10.1. The highest BCUT2D eigenvalue weighted by Crippen LogP contribution is 2.26. The normalized spacial score (nSPS) is 12.2. The Hall–Kier alpha value is -1.55. The minimum Gasteiger partial charge on any atom is -0.508 e. The largest absolute Gasteiger partial charge is 0.508 e. The third-order valence-electron chi connectivity index (χ3n) is 2.94. The van der Waals surface area contributed by atoms with Gasteiger partial charge in [0.1, 0.15) is 12.4 Å². The average molecular weight is 251 g/mol. The number of amides is 1. The maximum atomic E-state index is 11.9. The SMILES string of the molecule is CCCOCC(=O)N(C)C(C)c1ccccc1O. The number of para-hydroxylation sites is 1. The lowest BCUT2D eigenvalue weighted by Gasteiger charge is -2.25. The number of hydrogen-bond donors (Lipinski definition) is 1. The molecule has 0 heterocycles. The quantitative estimate of drug-likeness (QED) is 0.789. The van der Waals surface area contributed by atoms with Gasteiger partial charge in [-0.25, -0.2) is 0 Å². The number of likely N-dealkylation sites (N-methyl/N-ethyl adjacent to an activating group) is 1. The highest BCUT2D eigenvalue weighted by molar-refractivity contribution is 5.77. The van der Waals surface area contributed by atoms with E-state index in [4.69, 9.17) is 4.74 Å². The third-order valence-corrected chi connectivity index (χ3v) is 2.94. The summed E-state index contributed by atoms with van der Waals surface area (Å²) >= 11 is 0. The zero-order valence-corrected chi connectivity index (χ0v) is 11.2. The van der Waals surface area contributed by atoms with Gasteiger partial charge < -0.3 is 14.7 Å². The molecule has 1 N–H and O–H groups in total. The van der Waals surface area contributed by atoms with E-state index in [9.17, 15) is 9.90 Å². The molecule has 0 radical (unpaired) electrons. The van der Waals surface area contributed by atoms with Gasteiger partial charge in [-0.05, 0) is 19.4 Å². The van der Waals surface area contributed by atoms with Crippen LogP contribution >= 0.6 is 0 Å². The van der Waals surface area contributed by atoms with Gasteiger partial charge in [0.15, 0.2) is 0 Å². The minimum atomic E-state index is -0.177. The fraction of sp³-hybridized carbons (Fsp3) is 0.500. The van der Waals surface area contributed by atoms with E-state index >= 15 is 0 Å². The van der Waals surface area contributed by atoms with Crippen LogP contribution in [0.15, 0.2) is 24.3 Å². The van der Waals surface area contributed by atoms with Crippen molar-refractivity contribution in [2.24, 2.45) is 0 Å². The molecule has 1 rings (SSSR count). The fourth-order valence-corrected chi connectivity index (χ4v) is 1.67. The number of aromatic hydroxyl groups is 1. The summed E-state index contributed by atoms with van der Waals surface area (Å²) in [5, 5.41) is 9.76. The minimum absolute atomic E-state index is 0.0841. The molecule has 4 nitrogen and oxygen atoms in total. The number of benzene rings is 1. The first-order valence-electron chi connectivity index (χ1n) is 6.19. The van der Waals surface area contributed by atoms with Crippen molar-refractivity contribution in [1.29, 1.82) is 0 Å². The van der Waals surface area contributed by atoms with Crippen molar-refractivity contribution in [3.05, 3.63) is 29.8 Å². The maximum absolute atomic E-state index is 11.9. The van der Waals surface area contributed by atoms with Gasteiger partial charge in [0.25, 0.3) is 0 Å². The summed E-state index contributed by atoms with van der Waals surface area (Å²) in [4.78, 5) is 13.5. The second-order valence-electron chi connectivity index (χ2n) is 4.29. The van der Waals surface area contributed by atoms with E-state index < -0.39 is 0 Å². The van der Waals surface area contributed by atoms with Crippen molar-refractivity contribution in [3.63, 3.8) is 0 Å². The Bertz CT molecular complexity index is 392. The summed E-state index contributed by atoms with van der Waals surface area (Å²) in [5.74, 6) is 0.123. The predicted molar refractivity (Wildman–Crippen MR) is 70.4 cm³/mol. The number of hydrogen-bond acceptors (Lipinski definition) is 3. The summed E-state index contributed by atoms with van der Waals surface area (Å²) in [6.45, 7) is 4.55. The van der Waals surface area contributed by atoms with Gasteiger partial charge in [-0.2, -0.15) is 0 Å². The van der Waals surface area contributed by atoms with Crippen molar-refractivity contribution in [1.82, 2.24) is 4.90 Å². The topological polar surface area (TPSA) is 49.8 Å². The Morgan fingerprint density at radius 2 is 2.11 bits per heavy atom. The molecule has 0 saturated carbocycles. The molecule has 0 aromatic heterocycles. The Kier molecular flexibility index (Phi) is 5.65. The van der Waals surface area contributed by atoms with Crippen LogP contribution in [0.1, 0.15) is 31.9 Å². The van der Waals surface area contributed by atoms with Gasteiger partial charge in [0.05, 0.1) is 6.04 Å². The van der Waals surface area contributed by atoms with Gasteiger partial charge in [-0.1, -0.05) is 25.1 Å². The molecule has 0 aliphatic carbocycles. The monoisotopic (exact) mass is 251 g/mol. The third kappa shape index (κ3) is 3.74. The highest BCUT2D eigenvalue weighted by atomic mass is 16.5. The number of nitrogens with zero attached hydrogens (tertiary/aromatic N) is 1. The first-order chi connectivity index (χ1) is 8.57. The average Bonchev–Trinajstić information content (AvgIpc) is 2.38. The zero-order valence-electron chi connectivity index (χ0n) is 11.2. The van der Waals surface area contributed by atoms with E-state index in [1.807, 2.05) is 26.0 Å². The molecule has 1 aromatic rings. The molecular formula is C14H21NO3. The molecule has 0 saturated heterocycles. The van der Waals surface area contributed by atoms with Gasteiger partial charge >= 0.3 is 0 Å². The molecule has 0 aliphatic heterocycles. The van der Waals surface area contributed by atoms with Gasteiger partial charge in [-0.15, -0.1) is 0 Å². The molecule has 4 heteroatoms. The van der Waals surface area contributed by atoms with Gasteiger partial charge in [0.2, 0.25) is 5.91 Å². The molecular weight excluding hydrogens is 230 g/mol. The van der Waals surface area contributed by atoms with E-state index in [2.05, 4.69) is 0 Å². The lowest BCUT2D eigenvalue weighted by molar-refractivity contribution is -0.136.